The zero-order valence-electron chi connectivity index (χ0n) is 17.3. The molecule has 31 heavy (non-hydrogen) atoms. The van der Waals surface area contributed by atoms with Gasteiger partial charge in [-0.05, 0) is 25.0 Å². The number of nitro benzene ring substituents is 1. The van der Waals surface area contributed by atoms with Crippen molar-refractivity contribution in [3.8, 4) is 5.69 Å². The topological polar surface area (TPSA) is 97.4 Å². The van der Waals surface area contributed by atoms with Gasteiger partial charge < -0.3 is 4.90 Å². The first-order chi connectivity index (χ1) is 15.0. The van der Waals surface area contributed by atoms with E-state index in [1.807, 2.05) is 23.1 Å². The van der Waals surface area contributed by atoms with Gasteiger partial charge in [0.25, 0.3) is 11.6 Å². The Kier molecular flexibility index (Phi) is 6.03. The SMILES string of the molecule is Cc1c(C(=O)N2CCCN(Cc3ccccc3)CC2)nnn1-c1cccc([N+](=O)[O-])c1. The van der Waals surface area contributed by atoms with Crippen LogP contribution in [-0.4, -0.2) is 61.8 Å². The first-order valence-electron chi connectivity index (χ1n) is 10.3. The average Bonchev–Trinajstić information content (AvgIpc) is 3.01. The van der Waals surface area contributed by atoms with Gasteiger partial charge in [-0.15, -0.1) is 5.10 Å². The van der Waals surface area contributed by atoms with Crippen LogP contribution in [0.15, 0.2) is 54.6 Å². The summed E-state index contributed by atoms with van der Waals surface area (Å²) in [6.07, 6.45) is 0.886. The maximum atomic E-state index is 13.1. The molecular formula is C22H24N6O3. The van der Waals surface area contributed by atoms with Gasteiger partial charge in [0, 0.05) is 44.9 Å². The molecule has 0 aliphatic carbocycles. The summed E-state index contributed by atoms with van der Waals surface area (Å²) in [6.45, 7) is 5.62. The van der Waals surface area contributed by atoms with Gasteiger partial charge in [0.05, 0.1) is 16.3 Å². The van der Waals surface area contributed by atoms with Crippen molar-refractivity contribution in [3.63, 3.8) is 0 Å². The highest BCUT2D eigenvalue weighted by Crippen LogP contribution is 2.19. The molecule has 0 atom stereocenters. The molecule has 9 nitrogen and oxygen atoms in total. The maximum absolute atomic E-state index is 13.1. The van der Waals surface area contributed by atoms with Crippen LogP contribution >= 0.6 is 0 Å². The van der Waals surface area contributed by atoms with Gasteiger partial charge in [-0.1, -0.05) is 41.6 Å². The smallest absolute Gasteiger partial charge is 0.276 e. The van der Waals surface area contributed by atoms with E-state index in [9.17, 15) is 14.9 Å². The van der Waals surface area contributed by atoms with Crippen LogP contribution in [0.4, 0.5) is 5.69 Å². The van der Waals surface area contributed by atoms with Crippen molar-refractivity contribution in [3.05, 3.63) is 81.7 Å². The van der Waals surface area contributed by atoms with E-state index in [4.69, 9.17) is 0 Å². The molecule has 1 aliphatic rings. The minimum Gasteiger partial charge on any atom is -0.336 e. The molecule has 0 spiro atoms. The third-order valence-corrected chi connectivity index (χ3v) is 5.51. The Balaban J connectivity index is 1.46. The van der Waals surface area contributed by atoms with Crippen molar-refractivity contribution in [1.29, 1.82) is 0 Å². The Hall–Kier alpha value is -3.59. The van der Waals surface area contributed by atoms with Crippen LogP contribution in [0.25, 0.3) is 5.69 Å². The highest BCUT2D eigenvalue weighted by molar-refractivity contribution is 5.93. The van der Waals surface area contributed by atoms with E-state index >= 15 is 0 Å². The quantitative estimate of drug-likeness (QED) is 0.465. The predicted molar refractivity (Wildman–Crippen MR) is 115 cm³/mol. The van der Waals surface area contributed by atoms with Crippen molar-refractivity contribution >= 4 is 11.6 Å². The summed E-state index contributed by atoms with van der Waals surface area (Å²) in [4.78, 5) is 27.9. The molecule has 1 amide bonds. The van der Waals surface area contributed by atoms with E-state index in [1.165, 1.54) is 22.4 Å². The number of non-ortho nitro benzene ring substituents is 1. The lowest BCUT2D eigenvalue weighted by Gasteiger charge is -2.21. The van der Waals surface area contributed by atoms with Crippen LogP contribution in [0.2, 0.25) is 0 Å². The molecule has 0 unspecified atom stereocenters. The molecule has 3 aromatic rings. The van der Waals surface area contributed by atoms with Crippen LogP contribution in [0.5, 0.6) is 0 Å². The highest BCUT2D eigenvalue weighted by atomic mass is 16.6. The summed E-state index contributed by atoms with van der Waals surface area (Å²) in [6, 6.07) is 16.4. The summed E-state index contributed by atoms with van der Waals surface area (Å²) in [5, 5.41) is 19.2. The number of benzene rings is 2. The van der Waals surface area contributed by atoms with Crippen LogP contribution in [-0.2, 0) is 6.54 Å². The third-order valence-electron chi connectivity index (χ3n) is 5.51. The minimum atomic E-state index is -0.458. The summed E-state index contributed by atoms with van der Waals surface area (Å²) < 4.78 is 1.47. The molecule has 160 valence electrons. The Labute approximate surface area is 180 Å². The molecular weight excluding hydrogens is 396 g/mol. The number of carbonyl (C=O) groups excluding carboxylic acids is 1. The van der Waals surface area contributed by atoms with Crippen molar-refractivity contribution in [2.45, 2.75) is 19.9 Å². The molecule has 1 fully saturated rings. The van der Waals surface area contributed by atoms with E-state index in [-0.39, 0.29) is 17.3 Å². The Morgan fingerprint density at radius 1 is 1.06 bits per heavy atom. The first kappa shape index (κ1) is 20.7. The lowest BCUT2D eigenvalue weighted by atomic mass is 10.2. The molecule has 9 heteroatoms. The highest BCUT2D eigenvalue weighted by Gasteiger charge is 2.25. The Morgan fingerprint density at radius 3 is 2.65 bits per heavy atom. The van der Waals surface area contributed by atoms with Crippen LogP contribution < -0.4 is 0 Å². The van der Waals surface area contributed by atoms with Crippen molar-refractivity contribution in [2.24, 2.45) is 0 Å². The number of amides is 1. The van der Waals surface area contributed by atoms with Crippen molar-refractivity contribution in [2.75, 3.05) is 26.2 Å². The zero-order chi connectivity index (χ0) is 21.8. The molecule has 1 aromatic heterocycles. The van der Waals surface area contributed by atoms with E-state index in [0.29, 0.717) is 24.5 Å². The fraction of sp³-hybridized carbons (Fsp3) is 0.318. The van der Waals surface area contributed by atoms with Crippen LogP contribution in [0, 0.1) is 17.0 Å². The van der Waals surface area contributed by atoms with E-state index in [1.54, 1.807) is 19.1 Å². The summed E-state index contributed by atoms with van der Waals surface area (Å²) in [5.74, 6) is -0.157. The van der Waals surface area contributed by atoms with Gasteiger partial charge in [0.2, 0.25) is 0 Å². The number of hydrogen-bond acceptors (Lipinski definition) is 6. The molecule has 0 radical (unpaired) electrons. The lowest BCUT2D eigenvalue weighted by Crippen LogP contribution is -2.35. The molecule has 1 saturated heterocycles. The van der Waals surface area contributed by atoms with Gasteiger partial charge >= 0.3 is 0 Å². The number of hydrogen-bond donors (Lipinski definition) is 0. The van der Waals surface area contributed by atoms with Gasteiger partial charge in [0.1, 0.15) is 0 Å². The monoisotopic (exact) mass is 420 g/mol. The Bertz CT molecular complexity index is 1080. The number of aromatic nitrogens is 3. The second kappa shape index (κ2) is 9.05. The van der Waals surface area contributed by atoms with Gasteiger partial charge in [-0.25, -0.2) is 4.68 Å². The zero-order valence-corrected chi connectivity index (χ0v) is 17.3. The number of nitrogens with zero attached hydrogens (tertiary/aromatic N) is 6. The molecule has 2 heterocycles. The summed E-state index contributed by atoms with van der Waals surface area (Å²) in [5.41, 5.74) is 2.58. The second-order valence-corrected chi connectivity index (χ2v) is 7.62. The van der Waals surface area contributed by atoms with Gasteiger partial charge in [-0.2, -0.15) is 0 Å². The molecule has 1 aliphatic heterocycles. The molecule has 4 rings (SSSR count). The summed E-state index contributed by atoms with van der Waals surface area (Å²) >= 11 is 0. The second-order valence-electron chi connectivity index (χ2n) is 7.62. The number of carbonyl (C=O) groups is 1. The standard InChI is InChI=1S/C22H24N6O3/c1-17-21(23-24-27(17)19-9-5-10-20(15-19)28(30)31)22(29)26-12-6-11-25(13-14-26)16-18-7-3-2-4-8-18/h2-5,7-10,15H,6,11-14,16H2,1H3. The average molecular weight is 420 g/mol. The predicted octanol–water partition coefficient (Wildman–Crippen LogP) is 2.83. The number of rotatable bonds is 5. The fourth-order valence-corrected chi connectivity index (χ4v) is 3.83. The van der Waals surface area contributed by atoms with Crippen LogP contribution in [0.1, 0.15) is 28.2 Å². The van der Waals surface area contributed by atoms with Gasteiger partial charge in [0.15, 0.2) is 5.69 Å². The van der Waals surface area contributed by atoms with Gasteiger partial charge in [-0.3, -0.25) is 19.8 Å². The summed E-state index contributed by atoms with van der Waals surface area (Å²) in [7, 11) is 0. The molecule has 0 saturated carbocycles. The van der Waals surface area contributed by atoms with Crippen molar-refractivity contribution < 1.29 is 9.72 Å². The normalized spacial score (nSPS) is 14.9. The van der Waals surface area contributed by atoms with E-state index < -0.39 is 4.92 Å². The molecule has 0 N–H and O–H groups in total. The molecule has 2 aromatic carbocycles. The fourth-order valence-electron chi connectivity index (χ4n) is 3.83. The molecule has 0 bridgehead atoms. The lowest BCUT2D eigenvalue weighted by molar-refractivity contribution is -0.384. The largest absolute Gasteiger partial charge is 0.336 e. The number of nitro groups is 1. The minimum absolute atomic E-state index is 0.0358. The first-order valence-corrected chi connectivity index (χ1v) is 10.3. The maximum Gasteiger partial charge on any atom is 0.276 e. The third kappa shape index (κ3) is 4.61. The van der Waals surface area contributed by atoms with Crippen LogP contribution in [0.3, 0.4) is 0 Å². The van der Waals surface area contributed by atoms with E-state index in [0.717, 1.165) is 26.1 Å². The van der Waals surface area contributed by atoms with E-state index in [2.05, 4.69) is 27.3 Å². The van der Waals surface area contributed by atoms with Crippen molar-refractivity contribution in [1.82, 2.24) is 24.8 Å². The Morgan fingerprint density at radius 2 is 1.87 bits per heavy atom.